The van der Waals surface area contributed by atoms with E-state index in [1.165, 1.54) is 6.92 Å². The smallest absolute Gasteiger partial charge is 0.308 e. The van der Waals surface area contributed by atoms with E-state index in [1.54, 1.807) is 13.1 Å². The van der Waals surface area contributed by atoms with Crippen LogP contribution in [-0.2, 0) is 4.79 Å². The van der Waals surface area contributed by atoms with Crippen molar-refractivity contribution in [2.45, 2.75) is 6.92 Å². The zero-order valence-corrected chi connectivity index (χ0v) is 16.4. The summed E-state index contributed by atoms with van der Waals surface area (Å²) in [6.45, 7) is 1.36. The second-order valence-electron chi connectivity index (χ2n) is 5.91. The molecule has 2 aromatic carbocycles. The summed E-state index contributed by atoms with van der Waals surface area (Å²) in [6, 6.07) is 11.4. The number of anilines is 3. The number of pyridine rings is 1. The SMILES string of the molecule is CNc1cc(NC)c2nc(NC)c(OC(C)=O)c(-c3ccccc3Cl)c2c1. The highest BCUT2D eigenvalue weighted by atomic mass is 35.5. The van der Waals surface area contributed by atoms with Crippen LogP contribution in [0.2, 0.25) is 5.02 Å². The number of aromatic nitrogens is 1. The van der Waals surface area contributed by atoms with E-state index in [2.05, 4.69) is 20.9 Å². The fourth-order valence-electron chi connectivity index (χ4n) is 3.03. The lowest BCUT2D eigenvalue weighted by Gasteiger charge is -2.19. The third-order valence-corrected chi connectivity index (χ3v) is 4.56. The zero-order valence-electron chi connectivity index (χ0n) is 15.6. The molecule has 0 spiro atoms. The maximum absolute atomic E-state index is 11.8. The van der Waals surface area contributed by atoms with Crippen molar-refractivity contribution in [1.29, 1.82) is 0 Å². The van der Waals surface area contributed by atoms with E-state index in [4.69, 9.17) is 16.3 Å². The Labute approximate surface area is 162 Å². The van der Waals surface area contributed by atoms with Crippen molar-refractivity contribution in [2.24, 2.45) is 0 Å². The van der Waals surface area contributed by atoms with Crippen molar-refractivity contribution in [3.63, 3.8) is 0 Å². The Morgan fingerprint density at radius 1 is 1.07 bits per heavy atom. The van der Waals surface area contributed by atoms with Crippen LogP contribution < -0.4 is 20.7 Å². The summed E-state index contributed by atoms with van der Waals surface area (Å²) >= 11 is 6.50. The van der Waals surface area contributed by atoms with E-state index < -0.39 is 5.97 Å². The standard InChI is InChI=1S/C20H21ClN4O2/c1-11(26)27-19-17(13-7-5-6-8-15(13)21)14-9-12(22-2)10-16(23-3)18(14)25-20(19)24-4/h5-10,22-23H,1-4H3,(H,24,25). The molecule has 0 atom stereocenters. The molecule has 1 aromatic heterocycles. The number of carbonyl (C=O) groups excluding carboxylic acids is 1. The fourth-order valence-corrected chi connectivity index (χ4v) is 3.26. The number of carbonyl (C=O) groups is 1. The van der Waals surface area contributed by atoms with Gasteiger partial charge in [0.2, 0.25) is 0 Å². The third kappa shape index (κ3) is 3.48. The van der Waals surface area contributed by atoms with Gasteiger partial charge < -0.3 is 20.7 Å². The average Bonchev–Trinajstić information content (AvgIpc) is 2.66. The number of halogens is 1. The highest BCUT2D eigenvalue weighted by molar-refractivity contribution is 6.34. The third-order valence-electron chi connectivity index (χ3n) is 4.23. The number of ether oxygens (including phenoxy) is 1. The normalized spacial score (nSPS) is 10.6. The maximum Gasteiger partial charge on any atom is 0.308 e. The molecule has 0 saturated heterocycles. The fraction of sp³-hybridized carbons (Fsp3) is 0.200. The first-order chi connectivity index (χ1) is 13.0. The summed E-state index contributed by atoms with van der Waals surface area (Å²) in [5, 5.41) is 10.7. The van der Waals surface area contributed by atoms with E-state index in [1.807, 2.05) is 44.4 Å². The van der Waals surface area contributed by atoms with Crippen LogP contribution in [0.25, 0.3) is 22.0 Å². The second kappa shape index (κ2) is 7.72. The van der Waals surface area contributed by atoms with Gasteiger partial charge in [-0.15, -0.1) is 0 Å². The van der Waals surface area contributed by atoms with Gasteiger partial charge in [0.1, 0.15) is 0 Å². The lowest BCUT2D eigenvalue weighted by atomic mass is 9.98. The largest absolute Gasteiger partial charge is 0.422 e. The molecule has 0 aliphatic carbocycles. The molecule has 7 heteroatoms. The number of benzene rings is 2. The quantitative estimate of drug-likeness (QED) is 0.558. The number of hydrogen-bond acceptors (Lipinski definition) is 6. The molecule has 3 N–H and O–H groups in total. The van der Waals surface area contributed by atoms with Crippen LogP contribution in [0.5, 0.6) is 5.75 Å². The Hall–Kier alpha value is -2.99. The van der Waals surface area contributed by atoms with E-state index in [-0.39, 0.29) is 0 Å². The maximum atomic E-state index is 11.8. The molecule has 0 radical (unpaired) electrons. The molecule has 0 saturated carbocycles. The molecular formula is C20H21ClN4O2. The topological polar surface area (TPSA) is 75.3 Å². The number of nitrogens with zero attached hydrogens (tertiary/aromatic N) is 1. The van der Waals surface area contributed by atoms with Crippen molar-refractivity contribution < 1.29 is 9.53 Å². The van der Waals surface area contributed by atoms with Crippen LogP contribution >= 0.6 is 11.6 Å². The minimum atomic E-state index is -0.431. The first-order valence-corrected chi connectivity index (χ1v) is 8.86. The first-order valence-electron chi connectivity index (χ1n) is 8.48. The van der Waals surface area contributed by atoms with Crippen LogP contribution in [0.15, 0.2) is 36.4 Å². The van der Waals surface area contributed by atoms with Crippen LogP contribution in [0.3, 0.4) is 0 Å². The Morgan fingerprint density at radius 3 is 2.41 bits per heavy atom. The molecular weight excluding hydrogens is 364 g/mol. The molecule has 0 aliphatic rings. The molecule has 3 rings (SSSR count). The van der Waals surface area contributed by atoms with E-state index in [9.17, 15) is 4.79 Å². The summed E-state index contributed by atoms with van der Waals surface area (Å²) in [7, 11) is 5.42. The molecule has 0 bridgehead atoms. The first kappa shape index (κ1) is 18.8. The Morgan fingerprint density at radius 2 is 1.81 bits per heavy atom. The number of fused-ring (bicyclic) bond motifs is 1. The molecule has 0 amide bonds. The molecule has 140 valence electrons. The summed E-state index contributed by atoms with van der Waals surface area (Å²) in [4.78, 5) is 16.5. The highest BCUT2D eigenvalue weighted by Crippen LogP contribution is 2.45. The van der Waals surface area contributed by atoms with Gasteiger partial charge in [0.25, 0.3) is 0 Å². The molecule has 0 unspecified atom stereocenters. The second-order valence-corrected chi connectivity index (χ2v) is 6.32. The number of esters is 1. The van der Waals surface area contributed by atoms with E-state index in [0.29, 0.717) is 22.2 Å². The summed E-state index contributed by atoms with van der Waals surface area (Å²) in [6.07, 6.45) is 0. The number of nitrogens with one attached hydrogen (secondary N) is 3. The average molecular weight is 385 g/mol. The van der Waals surface area contributed by atoms with Gasteiger partial charge >= 0.3 is 5.97 Å². The van der Waals surface area contributed by atoms with Crippen LogP contribution in [0, 0.1) is 0 Å². The molecule has 3 aromatic rings. The molecule has 6 nitrogen and oxygen atoms in total. The highest BCUT2D eigenvalue weighted by Gasteiger charge is 2.22. The number of hydrogen-bond donors (Lipinski definition) is 3. The molecule has 27 heavy (non-hydrogen) atoms. The van der Waals surface area contributed by atoms with E-state index >= 15 is 0 Å². The minimum absolute atomic E-state index is 0.348. The Balaban J connectivity index is 2.53. The van der Waals surface area contributed by atoms with Gasteiger partial charge in [0.05, 0.1) is 11.2 Å². The van der Waals surface area contributed by atoms with Crippen molar-refractivity contribution in [3.8, 4) is 16.9 Å². The van der Waals surface area contributed by atoms with Crippen molar-refractivity contribution in [2.75, 3.05) is 37.1 Å². The summed E-state index contributed by atoms with van der Waals surface area (Å²) in [5.74, 6) is 0.377. The van der Waals surface area contributed by atoms with Gasteiger partial charge in [-0.05, 0) is 18.2 Å². The van der Waals surface area contributed by atoms with Crippen molar-refractivity contribution >= 4 is 45.7 Å². The molecule has 0 aliphatic heterocycles. The number of rotatable bonds is 5. The van der Waals surface area contributed by atoms with Gasteiger partial charge in [-0.25, -0.2) is 4.98 Å². The Kier molecular flexibility index (Phi) is 5.37. The van der Waals surface area contributed by atoms with Crippen LogP contribution in [-0.4, -0.2) is 32.1 Å². The van der Waals surface area contributed by atoms with Crippen LogP contribution in [0.4, 0.5) is 17.2 Å². The zero-order chi connectivity index (χ0) is 19.6. The van der Waals surface area contributed by atoms with Gasteiger partial charge in [-0.3, -0.25) is 4.79 Å². The lowest BCUT2D eigenvalue weighted by molar-refractivity contribution is -0.131. The minimum Gasteiger partial charge on any atom is -0.422 e. The summed E-state index contributed by atoms with van der Waals surface area (Å²) < 4.78 is 5.57. The predicted molar refractivity (Wildman–Crippen MR) is 112 cm³/mol. The lowest BCUT2D eigenvalue weighted by Crippen LogP contribution is -2.08. The van der Waals surface area contributed by atoms with Crippen molar-refractivity contribution in [1.82, 2.24) is 4.98 Å². The van der Waals surface area contributed by atoms with Crippen LogP contribution in [0.1, 0.15) is 6.92 Å². The Bertz CT molecular complexity index is 1020. The van der Waals surface area contributed by atoms with Gasteiger partial charge in [-0.2, -0.15) is 0 Å². The van der Waals surface area contributed by atoms with Gasteiger partial charge in [-0.1, -0.05) is 29.8 Å². The van der Waals surface area contributed by atoms with Crippen molar-refractivity contribution in [3.05, 3.63) is 41.4 Å². The van der Waals surface area contributed by atoms with E-state index in [0.717, 1.165) is 27.8 Å². The van der Waals surface area contributed by atoms with Gasteiger partial charge in [0.15, 0.2) is 11.6 Å². The summed E-state index contributed by atoms with van der Waals surface area (Å²) in [5.41, 5.74) is 3.95. The molecule has 1 heterocycles. The van der Waals surface area contributed by atoms with Gasteiger partial charge in [0, 0.05) is 55.3 Å². The predicted octanol–water partition coefficient (Wildman–Crippen LogP) is 4.61. The molecule has 0 fully saturated rings. The monoisotopic (exact) mass is 384 g/mol.